The molecule has 1 atom stereocenters. The van der Waals surface area contributed by atoms with Crippen LogP contribution in [0.2, 0.25) is 0 Å². The van der Waals surface area contributed by atoms with Crippen molar-refractivity contribution in [3.63, 3.8) is 0 Å². The number of rotatable bonds is 4. The van der Waals surface area contributed by atoms with E-state index < -0.39 is 0 Å². The van der Waals surface area contributed by atoms with Crippen molar-refractivity contribution in [1.29, 1.82) is 0 Å². The van der Waals surface area contributed by atoms with Gasteiger partial charge in [0.2, 0.25) is 0 Å². The Labute approximate surface area is 115 Å². The second-order valence-electron chi connectivity index (χ2n) is 6.41. The van der Waals surface area contributed by atoms with E-state index in [1.54, 1.807) is 0 Å². The fraction of sp³-hybridized carbons (Fsp3) is 0.562. The van der Waals surface area contributed by atoms with E-state index in [1.807, 2.05) is 58.0 Å². The van der Waals surface area contributed by atoms with Crippen molar-refractivity contribution in [1.82, 2.24) is 0 Å². The average molecular weight is 261 g/mol. The Kier molecular flexibility index (Phi) is 3.68. The van der Waals surface area contributed by atoms with Crippen LogP contribution in [0.3, 0.4) is 0 Å². The summed E-state index contributed by atoms with van der Waals surface area (Å²) in [5.41, 5.74) is 0.391. The van der Waals surface area contributed by atoms with Gasteiger partial charge in [-0.1, -0.05) is 18.2 Å². The van der Waals surface area contributed by atoms with E-state index in [9.17, 15) is 4.79 Å². The van der Waals surface area contributed by atoms with Crippen molar-refractivity contribution >= 4 is 11.5 Å². The van der Waals surface area contributed by atoms with E-state index in [1.165, 1.54) is 0 Å². The molecule has 19 heavy (non-hydrogen) atoms. The van der Waals surface area contributed by atoms with E-state index in [4.69, 9.17) is 4.74 Å². The topological polar surface area (TPSA) is 38.3 Å². The molecule has 0 aliphatic carbocycles. The van der Waals surface area contributed by atoms with Crippen LogP contribution in [0.15, 0.2) is 30.3 Å². The predicted molar refractivity (Wildman–Crippen MR) is 77.3 cm³/mol. The molecule has 0 spiro atoms. The van der Waals surface area contributed by atoms with Gasteiger partial charge in [0, 0.05) is 5.69 Å². The van der Waals surface area contributed by atoms with Crippen LogP contribution < -0.4 is 5.32 Å². The van der Waals surface area contributed by atoms with Gasteiger partial charge in [-0.2, -0.15) is 0 Å². The molecule has 104 valence electrons. The van der Waals surface area contributed by atoms with E-state index in [2.05, 4.69) is 5.32 Å². The molecule has 1 saturated heterocycles. The van der Waals surface area contributed by atoms with Crippen LogP contribution in [0.5, 0.6) is 0 Å². The summed E-state index contributed by atoms with van der Waals surface area (Å²) in [6.45, 7) is 8.47. The summed E-state index contributed by atoms with van der Waals surface area (Å²) in [7, 11) is 0. The molecule has 1 heterocycles. The Morgan fingerprint density at radius 3 is 2.42 bits per heavy atom. The Morgan fingerprint density at radius 1 is 1.26 bits per heavy atom. The van der Waals surface area contributed by atoms with Gasteiger partial charge in [0.1, 0.15) is 0 Å². The Balaban J connectivity index is 1.97. The third-order valence-corrected chi connectivity index (χ3v) is 3.70. The zero-order chi connectivity index (χ0) is 14.1. The third kappa shape index (κ3) is 3.35. The molecule has 1 aliphatic heterocycles. The summed E-state index contributed by atoms with van der Waals surface area (Å²) in [4.78, 5) is 12.4. The Morgan fingerprint density at radius 2 is 1.89 bits per heavy atom. The molecule has 3 heteroatoms. The monoisotopic (exact) mass is 261 g/mol. The van der Waals surface area contributed by atoms with Gasteiger partial charge in [-0.15, -0.1) is 0 Å². The molecule has 1 fully saturated rings. The molecule has 0 saturated carbocycles. The van der Waals surface area contributed by atoms with Gasteiger partial charge in [-0.05, 0) is 46.2 Å². The minimum atomic E-state index is -0.376. The number of hydrogen-bond acceptors (Lipinski definition) is 3. The van der Waals surface area contributed by atoms with Crippen LogP contribution in [0.4, 0.5) is 5.69 Å². The summed E-state index contributed by atoms with van der Waals surface area (Å²) in [6, 6.07) is 9.81. The van der Waals surface area contributed by atoms with E-state index in [-0.39, 0.29) is 22.9 Å². The van der Waals surface area contributed by atoms with Crippen molar-refractivity contribution in [3.05, 3.63) is 30.3 Å². The fourth-order valence-corrected chi connectivity index (χ4v) is 2.93. The molecule has 2 rings (SSSR count). The smallest absolute Gasteiger partial charge is 0.157 e. The minimum absolute atomic E-state index is 0.0429. The standard InChI is InChI=1S/C16H23NO2/c1-15(2)10-13(16(3,4)19-15)14(18)11-17-12-8-6-5-7-9-12/h5-9,13,17H,10-11H2,1-4H3. The summed E-state index contributed by atoms with van der Waals surface area (Å²) in [5.74, 6) is 0.179. The number of carbonyl (C=O) groups is 1. The second kappa shape index (κ2) is 4.97. The molecule has 0 amide bonds. The van der Waals surface area contributed by atoms with Crippen molar-refractivity contribution in [2.75, 3.05) is 11.9 Å². The van der Waals surface area contributed by atoms with E-state index in [0.29, 0.717) is 6.54 Å². The van der Waals surface area contributed by atoms with Crippen molar-refractivity contribution in [2.45, 2.75) is 45.3 Å². The first-order valence-electron chi connectivity index (χ1n) is 6.82. The third-order valence-electron chi connectivity index (χ3n) is 3.70. The quantitative estimate of drug-likeness (QED) is 0.904. The lowest BCUT2D eigenvalue weighted by atomic mass is 9.84. The summed E-state index contributed by atoms with van der Waals surface area (Å²) >= 11 is 0. The summed E-state index contributed by atoms with van der Waals surface area (Å²) in [5, 5.41) is 3.18. The highest BCUT2D eigenvalue weighted by Gasteiger charge is 2.48. The summed E-state index contributed by atoms with van der Waals surface area (Å²) < 4.78 is 5.97. The molecule has 3 nitrogen and oxygen atoms in total. The highest BCUT2D eigenvalue weighted by molar-refractivity contribution is 5.86. The largest absolute Gasteiger partial charge is 0.378 e. The van der Waals surface area contributed by atoms with Crippen LogP contribution >= 0.6 is 0 Å². The van der Waals surface area contributed by atoms with Gasteiger partial charge < -0.3 is 10.1 Å². The van der Waals surface area contributed by atoms with E-state index >= 15 is 0 Å². The molecule has 1 aromatic rings. The van der Waals surface area contributed by atoms with Gasteiger partial charge in [-0.3, -0.25) is 4.79 Å². The lowest BCUT2D eigenvalue weighted by Gasteiger charge is -2.26. The Bertz CT molecular complexity index is 451. The zero-order valence-electron chi connectivity index (χ0n) is 12.2. The van der Waals surface area contributed by atoms with Gasteiger partial charge in [0.05, 0.1) is 23.7 Å². The number of para-hydroxylation sites is 1. The van der Waals surface area contributed by atoms with Crippen molar-refractivity contribution in [3.8, 4) is 0 Å². The number of hydrogen-bond donors (Lipinski definition) is 1. The van der Waals surface area contributed by atoms with Gasteiger partial charge in [0.15, 0.2) is 5.78 Å². The maximum absolute atomic E-state index is 12.4. The molecule has 1 aliphatic rings. The first kappa shape index (κ1) is 14.1. The number of carbonyl (C=O) groups excluding carboxylic acids is 1. The van der Waals surface area contributed by atoms with Gasteiger partial charge in [0.25, 0.3) is 0 Å². The number of nitrogens with one attached hydrogen (secondary N) is 1. The Hall–Kier alpha value is -1.35. The number of ketones is 1. The molecule has 1 N–H and O–H groups in total. The fourth-order valence-electron chi connectivity index (χ4n) is 2.93. The first-order chi connectivity index (χ1) is 8.80. The van der Waals surface area contributed by atoms with Gasteiger partial charge >= 0.3 is 0 Å². The number of Topliss-reactive ketones (excluding diaryl/α,β-unsaturated/α-hetero) is 1. The van der Waals surface area contributed by atoms with Crippen molar-refractivity contribution in [2.24, 2.45) is 5.92 Å². The maximum atomic E-state index is 12.4. The molecular formula is C16H23NO2. The molecule has 1 unspecified atom stereocenters. The average Bonchev–Trinajstić information content (AvgIpc) is 2.56. The number of ether oxygens (including phenoxy) is 1. The molecule has 0 radical (unpaired) electrons. The highest BCUT2D eigenvalue weighted by Crippen LogP contribution is 2.42. The van der Waals surface area contributed by atoms with Crippen LogP contribution in [-0.4, -0.2) is 23.5 Å². The van der Waals surface area contributed by atoms with Crippen molar-refractivity contribution < 1.29 is 9.53 Å². The van der Waals surface area contributed by atoms with Gasteiger partial charge in [-0.25, -0.2) is 0 Å². The van der Waals surface area contributed by atoms with Crippen LogP contribution in [0.1, 0.15) is 34.1 Å². The number of anilines is 1. The lowest BCUT2D eigenvalue weighted by Crippen LogP contribution is -2.36. The lowest BCUT2D eigenvalue weighted by molar-refractivity contribution is -0.127. The first-order valence-corrected chi connectivity index (χ1v) is 6.82. The summed E-state index contributed by atoms with van der Waals surface area (Å²) in [6.07, 6.45) is 0.787. The molecular weight excluding hydrogens is 238 g/mol. The van der Waals surface area contributed by atoms with Crippen LogP contribution in [-0.2, 0) is 9.53 Å². The number of benzene rings is 1. The molecule has 0 bridgehead atoms. The molecule has 1 aromatic carbocycles. The SMILES string of the molecule is CC1(C)CC(C(=O)CNc2ccccc2)C(C)(C)O1. The van der Waals surface area contributed by atoms with Crippen LogP contribution in [0.25, 0.3) is 0 Å². The maximum Gasteiger partial charge on any atom is 0.157 e. The minimum Gasteiger partial charge on any atom is -0.378 e. The molecule has 0 aromatic heterocycles. The predicted octanol–water partition coefficient (Wildman–Crippen LogP) is 3.26. The normalized spacial score (nSPS) is 24.1. The van der Waals surface area contributed by atoms with Crippen LogP contribution in [0, 0.1) is 5.92 Å². The zero-order valence-corrected chi connectivity index (χ0v) is 12.2. The second-order valence-corrected chi connectivity index (χ2v) is 6.41. The highest BCUT2D eigenvalue weighted by atomic mass is 16.5. The van der Waals surface area contributed by atoms with E-state index in [0.717, 1.165) is 12.1 Å².